The molecule has 1 aliphatic heterocycles. The van der Waals surface area contributed by atoms with Crippen LogP contribution in [0.4, 0.5) is 0 Å². The highest BCUT2D eigenvalue weighted by Crippen LogP contribution is 2.18. The highest BCUT2D eigenvalue weighted by atomic mass is 16.7. The maximum absolute atomic E-state index is 7.37. The van der Waals surface area contributed by atoms with Crippen LogP contribution in [0.5, 0.6) is 0 Å². The van der Waals surface area contributed by atoms with Crippen LogP contribution in [-0.4, -0.2) is 33.6 Å². The minimum absolute atomic E-state index is 0.0845. The molecule has 1 fully saturated rings. The van der Waals surface area contributed by atoms with E-state index >= 15 is 0 Å². The number of hydrogen-bond acceptors (Lipinski definition) is 3. The van der Waals surface area contributed by atoms with Crippen molar-refractivity contribution in [2.45, 2.75) is 19.1 Å². The molecule has 1 saturated heterocycles. The van der Waals surface area contributed by atoms with Gasteiger partial charge in [-0.2, -0.15) is 0 Å². The van der Waals surface area contributed by atoms with E-state index in [1.165, 1.54) is 0 Å². The normalized spacial score (nSPS) is 24.1. The van der Waals surface area contributed by atoms with Gasteiger partial charge in [-0.05, 0) is 25.9 Å². The topological polar surface area (TPSA) is 30.5 Å². The van der Waals surface area contributed by atoms with Crippen molar-refractivity contribution in [3.05, 3.63) is 0 Å². The lowest BCUT2D eigenvalue weighted by Crippen LogP contribution is -2.35. The lowest BCUT2D eigenvalue weighted by Gasteiger charge is -2.28. The van der Waals surface area contributed by atoms with Crippen molar-refractivity contribution in [1.82, 2.24) is 5.31 Å². The molecule has 1 N–H and O–H groups in total. The van der Waals surface area contributed by atoms with Crippen LogP contribution in [0.2, 0.25) is 1.41 Å². The van der Waals surface area contributed by atoms with Gasteiger partial charge in [-0.3, -0.25) is 0 Å². The summed E-state index contributed by atoms with van der Waals surface area (Å²) in [5, 5.41) is 1.60. The van der Waals surface area contributed by atoms with Crippen molar-refractivity contribution in [1.29, 1.82) is 0 Å². The summed E-state index contributed by atoms with van der Waals surface area (Å²) in [6, 6.07) is 0. The van der Waals surface area contributed by atoms with Crippen LogP contribution in [0, 0.1) is 5.92 Å². The Bertz CT molecular complexity index is 122. The first-order chi connectivity index (χ1) is 5.77. The van der Waals surface area contributed by atoms with E-state index in [0.717, 1.165) is 25.9 Å². The molecule has 0 amide bonds. The summed E-state index contributed by atoms with van der Waals surface area (Å²) < 4.78 is 17.7. The number of methoxy groups -OCH3 is 2. The molecule has 0 aromatic carbocycles. The molecule has 1 heterocycles. The van der Waals surface area contributed by atoms with Gasteiger partial charge in [-0.15, -0.1) is 0 Å². The van der Waals surface area contributed by atoms with Crippen molar-refractivity contribution < 1.29 is 10.9 Å². The lowest BCUT2D eigenvalue weighted by atomic mass is 9.97. The van der Waals surface area contributed by atoms with E-state index < -0.39 is 0 Å². The zero-order valence-electron chi connectivity index (χ0n) is 8.25. The highest BCUT2D eigenvalue weighted by molar-refractivity contribution is 4.70. The Morgan fingerprint density at radius 1 is 1.36 bits per heavy atom. The maximum atomic E-state index is 7.37. The fourth-order valence-corrected chi connectivity index (χ4v) is 1.52. The minimum atomic E-state index is -0.0845. The van der Waals surface area contributed by atoms with E-state index in [4.69, 9.17) is 10.9 Å². The third kappa shape index (κ3) is 2.43. The molecular weight excluding hydrogens is 142 g/mol. The largest absolute Gasteiger partial charge is 0.356 e. The zero-order valence-corrected chi connectivity index (χ0v) is 7.25. The standard InChI is InChI=1S/C8H17NO2/c1-10-8(11-2)7-3-5-9-6-4-7/h7-9H,3-6H2,1-2H3/i/hD. The maximum Gasteiger partial charge on any atom is 0.159 e. The molecule has 0 spiro atoms. The van der Waals surface area contributed by atoms with Crippen LogP contribution in [0.3, 0.4) is 0 Å². The molecule has 0 aromatic heterocycles. The Morgan fingerprint density at radius 2 is 1.91 bits per heavy atom. The Kier molecular flexibility index (Phi) is 3.21. The molecule has 11 heavy (non-hydrogen) atoms. The van der Waals surface area contributed by atoms with Crippen molar-refractivity contribution in [2.75, 3.05) is 27.3 Å². The van der Waals surface area contributed by atoms with Gasteiger partial charge in [-0.25, -0.2) is 0 Å². The average Bonchev–Trinajstić information content (AvgIpc) is 2.10. The number of ether oxygens (including phenoxy) is 2. The van der Waals surface area contributed by atoms with Crippen LogP contribution in [0.25, 0.3) is 0 Å². The van der Waals surface area contributed by atoms with Crippen LogP contribution in [0.1, 0.15) is 12.8 Å². The molecule has 0 aliphatic carbocycles. The molecule has 0 saturated carbocycles. The average molecular weight is 160 g/mol. The molecule has 1 rings (SSSR count). The van der Waals surface area contributed by atoms with Crippen LogP contribution in [0.15, 0.2) is 0 Å². The van der Waals surface area contributed by atoms with Gasteiger partial charge >= 0.3 is 0 Å². The summed E-state index contributed by atoms with van der Waals surface area (Å²) in [5.41, 5.74) is 0. The fourth-order valence-electron chi connectivity index (χ4n) is 1.52. The second-order valence-electron chi connectivity index (χ2n) is 2.85. The predicted octanol–water partition coefficient (Wildman–Crippen LogP) is 0.605. The Balaban J connectivity index is 2.32. The number of hydrogen-bond donors (Lipinski definition) is 1. The van der Waals surface area contributed by atoms with Crippen molar-refractivity contribution in [2.24, 2.45) is 5.92 Å². The minimum Gasteiger partial charge on any atom is -0.356 e. The lowest BCUT2D eigenvalue weighted by molar-refractivity contribution is -0.142. The van der Waals surface area contributed by atoms with Crippen molar-refractivity contribution >= 4 is 0 Å². The summed E-state index contributed by atoms with van der Waals surface area (Å²) in [5.74, 6) is 0.460. The smallest absolute Gasteiger partial charge is 0.159 e. The SMILES string of the molecule is [2H]N1CCC(C(OC)OC)CC1. The highest BCUT2D eigenvalue weighted by Gasteiger charge is 2.22. The second kappa shape index (κ2) is 4.70. The number of nitrogens with one attached hydrogen (secondary N) is 1. The van der Waals surface area contributed by atoms with Gasteiger partial charge in [0.15, 0.2) is 6.29 Å². The van der Waals surface area contributed by atoms with Crippen molar-refractivity contribution in [3.63, 3.8) is 0 Å². The predicted molar refractivity (Wildman–Crippen MR) is 43.4 cm³/mol. The van der Waals surface area contributed by atoms with Gasteiger partial charge in [0.1, 0.15) is 1.41 Å². The van der Waals surface area contributed by atoms with Crippen LogP contribution < -0.4 is 5.31 Å². The van der Waals surface area contributed by atoms with E-state index in [9.17, 15) is 0 Å². The summed E-state index contributed by atoms with van der Waals surface area (Å²) >= 11 is 0. The van der Waals surface area contributed by atoms with Crippen LogP contribution >= 0.6 is 0 Å². The van der Waals surface area contributed by atoms with Gasteiger partial charge in [0, 0.05) is 20.1 Å². The molecule has 66 valence electrons. The monoisotopic (exact) mass is 160 g/mol. The first kappa shape index (κ1) is 7.53. The first-order valence-corrected chi connectivity index (χ1v) is 4.07. The molecule has 1 aliphatic rings. The molecule has 0 atom stereocenters. The third-order valence-electron chi connectivity index (χ3n) is 2.17. The van der Waals surface area contributed by atoms with Gasteiger partial charge in [0.2, 0.25) is 0 Å². The Morgan fingerprint density at radius 3 is 2.36 bits per heavy atom. The van der Waals surface area contributed by atoms with E-state index in [0.29, 0.717) is 5.92 Å². The quantitative estimate of drug-likeness (QED) is 0.613. The summed E-state index contributed by atoms with van der Waals surface area (Å²) in [4.78, 5) is 0. The molecular formula is C8H17NO2. The fraction of sp³-hybridized carbons (Fsp3) is 1.00. The van der Waals surface area contributed by atoms with E-state index in [2.05, 4.69) is 0 Å². The zero-order chi connectivity index (χ0) is 8.97. The number of piperidine rings is 1. The van der Waals surface area contributed by atoms with Gasteiger partial charge in [0.25, 0.3) is 0 Å². The molecule has 0 unspecified atom stereocenters. The number of rotatable bonds is 3. The molecule has 0 radical (unpaired) electrons. The van der Waals surface area contributed by atoms with Gasteiger partial charge in [0.05, 0.1) is 0 Å². The first-order valence-electron chi connectivity index (χ1n) is 4.52. The van der Waals surface area contributed by atoms with Gasteiger partial charge in [-0.1, -0.05) is 0 Å². The van der Waals surface area contributed by atoms with E-state index in [1.807, 2.05) is 0 Å². The van der Waals surface area contributed by atoms with E-state index in [-0.39, 0.29) is 6.29 Å². The molecule has 3 nitrogen and oxygen atoms in total. The Labute approximate surface area is 69.5 Å². The summed E-state index contributed by atoms with van der Waals surface area (Å²) in [7, 11) is 3.34. The Hall–Kier alpha value is -0.120. The third-order valence-corrected chi connectivity index (χ3v) is 2.17. The van der Waals surface area contributed by atoms with E-state index in [1.54, 1.807) is 19.5 Å². The molecule has 0 aromatic rings. The molecule has 0 bridgehead atoms. The molecule has 3 heteroatoms. The van der Waals surface area contributed by atoms with Gasteiger partial charge < -0.3 is 14.8 Å². The van der Waals surface area contributed by atoms with Crippen molar-refractivity contribution in [3.8, 4) is 0 Å². The van der Waals surface area contributed by atoms with Crippen LogP contribution in [-0.2, 0) is 9.47 Å². The summed E-state index contributed by atoms with van der Waals surface area (Å²) in [6.07, 6.45) is 1.91. The second-order valence-corrected chi connectivity index (χ2v) is 2.85. The summed E-state index contributed by atoms with van der Waals surface area (Å²) in [6.45, 7) is 1.65.